The summed E-state index contributed by atoms with van der Waals surface area (Å²) in [5.41, 5.74) is 7.04. The number of benzene rings is 1. The molecule has 0 radical (unpaired) electrons. The minimum Gasteiger partial charge on any atom is -0.497 e. The van der Waals surface area contributed by atoms with Gasteiger partial charge in [-0.25, -0.2) is 0 Å². The molecule has 4 heteroatoms. The molecule has 18 heavy (non-hydrogen) atoms. The molecule has 0 saturated carbocycles. The van der Waals surface area contributed by atoms with E-state index in [1.807, 2.05) is 36.4 Å². The van der Waals surface area contributed by atoms with Crippen LogP contribution in [0.5, 0.6) is 11.5 Å². The van der Waals surface area contributed by atoms with E-state index in [1.165, 1.54) is 0 Å². The second kappa shape index (κ2) is 6.02. The highest BCUT2D eigenvalue weighted by Gasteiger charge is 2.06. The fourth-order valence-electron chi connectivity index (χ4n) is 1.58. The number of hydrogen-bond donors (Lipinski definition) is 1. The normalized spacial score (nSPS) is 11.9. The molecule has 2 rings (SSSR count). The molecule has 1 aromatic carbocycles. The molecular formula is C14H16N2O2. The second-order valence-corrected chi connectivity index (χ2v) is 3.88. The maximum atomic E-state index is 6.03. The second-order valence-electron chi connectivity index (χ2n) is 3.88. The van der Waals surface area contributed by atoms with E-state index in [9.17, 15) is 0 Å². The standard InChI is InChI=1S/C14H16N2O2/c1-17-12-3-2-4-13(9-12)18-10-14(15)11-5-7-16-8-6-11/h2-9,14H,10,15H2,1H3. The van der Waals surface area contributed by atoms with Crippen molar-refractivity contribution in [2.24, 2.45) is 5.73 Å². The molecule has 0 aliphatic rings. The van der Waals surface area contributed by atoms with Gasteiger partial charge in [0.25, 0.3) is 0 Å². The lowest BCUT2D eigenvalue weighted by Gasteiger charge is -2.13. The monoisotopic (exact) mass is 244 g/mol. The Labute approximate surface area is 106 Å². The predicted molar refractivity (Wildman–Crippen MR) is 69.7 cm³/mol. The van der Waals surface area contributed by atoms with Gasteiger partial charge in [-0.2, -0.15) is 0 Å². The number of pyridine rings is 1. The third-order valence-electron chi connectivity index (χ3n) is 2.61. The molecule has 0 aliphatic carbocycles. The third kappa shape index (κ3) is 3.21. The van der Waals surface area contributed by atoms with E-state index in [4.69, 9.17) is 15.2 Å². The molecule has 94 valence electrons. The van der Waals surface area contributed by atoms with Crippen LogP contribution >= 0.6 is 0 Å². The van der Waals surface area contributed by atoms with Gasteiger partial charge in [-0.05, 0) is 29.8 Å². The first-order valence-electron chi connectivity index (χ1n) is 5.72. The summed E-state index contributed by atoms with van der Waals surface area (Å²) in [6, 6.07) is 11.1. The van der Waals surface area contributed by atoms with Crippen molar-refractivity contribution in [2.45, 2.75) is 6.04 Å². The molecule has 0 fully saturated rings. The summed E-state index contributed by atoms with van der Waals surface area (Å²) in [5, 5.41) is 0. The van der Waals surface area contributed by atoms with Crippen LogP contribution in [0.2, 0.25) is 0 Å². The van der Waals surface area contributed by atoms with Crippen LogP contribution < -0.4 is 15.2 Å². The van der Waals surface area contributed by atoms with Gasteiger partial charge in [0.15, 0.2) is 0 Å². The molecule has 1 atom stereocenters. The van der Waals surface area contributed by atoms with Crippen molar-refractivity contribution in [1.82, 2.24) is 4.98 Å². The van der Waals surface area contributed by atoms with Crippen molar-refractivity contribution in [1.29, 1.82) is 0 Å². The van der Waals surface area contributed by atoms with Crippen LogP contribution in [0.3, 0.4) is 0 Å². The first-order chi connectivity index (χ1) is 8.79. The van der Waals surface area contributed by atoms with Gasteiger partial charge in [-0.15, -0.1) is 0 Å². The minimum atomic E-state index is -0.167. The topological polar surface area (TPSA) is 57.4 Å². The van der Waals surface area contributed by atoms with Crippen molar-refractivity contribution in [3.8, 4) is 11.5 Å². The molecule has 2 N–H and O–H groups in total. The Hall–Kier alpha value is -2.07. The van der Waals surface area contributed by atoms with Crippen molar-refractivity contribution >= 4 is 0 Å². The van der Waals surface area contributed by atoms with E-state index in [2.05, 4.69) is 4.98 Å². The zero-order chi connectivity index (χ0) is 12.8. The summed E-state index contributed by atoms with van der Waals surface area (Å²) in [6.45, 7) is 0.414. The molecule has 4 nitrogen and oxygen atoms in total. The number of nitrogens with zero attached hydrogens (tertiary/aromatic N) is 1. The zero-order valence-corrected chi connectivity index (χ0v) is 10.2. The van der Waals surface area contributed by atoms with E-state index in [0.717, 1.165) is 17.1 Å². The molecule has 1 heterocycles. The van der Waals surface area contributed by atoms with Gasteiger partial charge < -0.3 is 15.2 Å². The Morgan fingerprint density at radius 2 is 1.89 bits per heavy atom. The smallest absolute Gasteiger partial charge is 0.123 e. The molecule has 1 unspecified atom stereocenters. The van der Waals surface area contributed by atoms with Gasteiger partial charge in [0.05, 0.1) is 13.2 Å². The Balaban J connectivity index is 1.95. The highest BCUT2D eigenvalue weighted by atomic mass is 16.5. The van der Waals surface area contributed by atoms with Crippen LogP contribution in [0.25, 0.3) is 0 Å². The molecule has 0 spiro atoms. The highest BCUT2D eigenvalue weighted by Crippen LogP contribution is 2.20. The van der Waals surface area contributed by atoms with Crippen LogP contribution in [-0.2, 0) is 0 Å². The first-order valence-corrected chi connectivity index (χ1v) is 5.72. The SMILES string of the molecule is COc1cccc(OCC(N)c2ccncc2)c1. The number of nitrogens with two attached hydrogens (primary N) is 1. The Morgan fingerprint density at radius 1 is 1.17 bits per heavy atom. The van der Waals surface area contributed by atoms with Gasteiger partial charge in [0, 0.05) is 18.5 Å². The Bertz CT molecular complexity index is 488. The van der Waals surface area contributed by atoms with Gasteiger partial charge in [-0.1, -0.05) is 6.07 Å². The Morgan fingerprint density at radius 3 is 2.61 bits per heavy atom. The lowest BCUT2D eigenvalue weighted by atomic mass is 10.1. The molecule has 0 aliphatic heterocycles. The number of aromatic nitrogens is 1. The summed E-state index contributed by atoms with van der Waals surface area (Å²) in [4.78, 5) is 3.96. The number of hydrogen-bond acceptors (Lipinski definition) is 4. The summed E-state index contributed by atoms with van der Waals surface area (Å²) >= 11 is 0. The van der Waals surface area contributed by atoms with Crippen LogP contribution in [0, 0.1) is 0 Å². The quantitative estimate of drug-likeness (QED) is 0.875. The van der Waals surface area contributed by atoms with Crippen LogP contribution in [0.15, 0.2) is 48.8 Å². The van der Waals surface area contributed by atoms with Crippen LogP contribution in [-0.4, -0.2) is 18.7 Å². The lowest BCUT2D eigenvalue weighted by Crippen LogP contribution is -2.18. The largest absolute Gasteiger partial charge is 0.497 e. The Kier molecular flexibility index (Phi) is 4.15. The maximum absolute atomic E-state index is 6.03. The maximum Gasteiger partial charge on any atom is 0.123 e. The highest BCUT2D eigenvalue weighted by molar-refractivity contribution is 5.32. The summed E-state index contributed by atoms with van der Waals surface area (Å²) in [7, 11) is 1.63. The molecule has 1 aromatic heterocycles. The number of rotatable bonds is 5. The van der Waals surface area contributed by atoms with Gasteiger partial charge in [0.2, 0.25) is 0 Å². The lowest BCUT2D eigenvalue weighted by molar-refractivity contribution is 0.288. The average molecular weight is 244 g/mol. The van der Waals surface area contributed by atoms with Crippen molar-refractivity contribution < 1.29 is 9.47 Å². The van der Waals surface area contributed by atoms with Crippen LogP contribution in [0.1, 0.15) is 11.6 Å². The van der Waals surface area contributed by atoms with E-state index >= 15 is 0 Å². The summed E-state index contributed by atoms with van der Waals surface area (Å²) in [6.07, 6.45) is 3.45. The fourth-order valence-corrected chi connectivity index (χ4v) is 1.58. The third-order valence-corrected chi connectivity index (χ3v) is 2.61. The van der Waals surface area contributed by atoms with Crippen LogP contribution in [0.4, 0.5) is 0 Å². The van der Waals surface area contributed by atoms with E-state index in [-0.39, 0.29) is 6.04 Å². The zero-order valence-electron chi connectivity index (χ0n) is 10.2. The summed E-state index contributed by atoms with van der Waals surface area (Å²) < 4.78 is 10.8. The van der Waals surface area contributed by atoms with Gasteiger partial charge >= 0.3 is 0 Å². The van der Waals surface area contributed by atoms with E-state index < -0.39 is 0 Å². The molecule has 0 bridgehead atoms. The minimum absolute atomic E-state index is 0.167. The average Bonchev–Trinajstić information content (AvgIpc) is 2.46. The van der Waals surface area contributed by atoms with Gasteiger partial charge in [-0.3, -0.25) is 4.98 Å². The van der Waals surface area contributed by atoms with Crippen molar-refractivity contribution in [3.05, 3.63) is 54.4 Å². The predicted octanol–water partition coefficient (Wildman–Crippen LogP) is 2.17. The summed E-state index contributed by atoms with van der Waals surface area (Å²) in [5.74, 6) is 1.52. The number of methoxy groups -OCH3 is 1. The van der Waals surface area contributed by atoms with Crippen molar-refractivity contribution in [2.75, 3.05) is 13.7 Å². The first kappa shape index (κ1) is 12.4. The molecule has 2 aromatic rings. The molecule has 0 amide bonds. The van der Waals surface area contributed by atoms with Gasteiger partial charge in [0.1, 0.15) is 18.1 Å². The fraction of sp³-hybridized carbons (Fsp3) is 0.214. The molecular weight excluding hydrogens is 228 g/mol. The van der Waals surface area contributed by atoms with E-state index in [0.29, 0.717) is 6.61 Å². The molecule has 0 saturated heterocycles. The van der Waals surface area contributed by atoms with Crippen molar-refractivity contribution in [3.63, 3.8) is 0 Å². The number of ether oxygens (including phenoxy) is 2. The van der Waals surface area contributed by atoms with E-state index in [1.54, 1.807) is 19.5 Å².